The van der Waals surface area contributed by atoms with Crippen molar-refractivity contribution < 1.29 is 14.0 Å². The molecule has 25 heavy (non-hydrogen) atoms. The van der Waals surface area contributed by atoms with Gasteiger partial charge in [-0.05, 0) is 58.6 Å². The quantitative estimate of drug-likeness (QED) is 0.728. The zero-order valence-electron chi connectivity index (χ0n) is 15.8. The lowest BCUT2D eigenvalue weighted by Gasteiger charge is -2.35. The van der Waals surface area contributed by atoms with Crippen LogP contribution in [0, 0.1) is 0 Å². The molecule has 0 aromatic heterocycles. The molecule has 0 radical (unpaired) electrons. The maximum Gasteiger partial charge on any atom is 0.494 e. The second-order valence-electron chi connectivity index (χ2n) is 8.50. The van der Waals surface area contributed by atoms with Crippen LogP contribution in [0.1, 0.15) is 47.1 Å². The van der Waals surface area contributed by atoms with Gasteiger partial charge < -0.3 is 14.0 Å². The average Bonchev–Trinajstić information content (AvgIpc) is 2.75. The van der Waals surface area contributed by atoms with Gasteiger partial charge in [0.15, 0.2) is 0 Å². The molecule has 3 nitrogen and oxygen atoms in total. The maximum absolute atomic E-state index is 6.23. The molecule has 0 unspecified atom stereocenters. The van der Waals surface area contributed by atoms with Crippen molar-refractivity contribution in [3.8, 4) is 16.9 Å². The molecule has 0 bridgehead atoms. The smallest absolute Gasteiger partial charge is 0.482 e. The van der Waals surface area contributed by atoms with Crippen LogP contribution in [0.25, 0.3) is 11.1 Å². The number of benzene rings is 2. The molecule has 0 aliphatic carbocycles. The Labute approximate surface area is 150 Å². The van der Waals surface area contributed by atoms with Crippen molar-refractivity contribution in [2.24, 2.45) is 0 Å². The van der Waals surface area contributed by atoms with E-state index in [1.807, 2.05) is 18.2 Å². The zero-order valence-corrected chi connectivity index (χ0v) is 15.8. The molecule has 1 fully saturated rings. The number of ether oxygens (including phenoxy) is 1. The van der Waals surface area contributed by atoms with E-state index < -0.39 is 0 Å². The molecule has 0 spiro atoms. The molecule has 0 amide bonds. The summed E-state index contributed by atoms with van der Waals surface area (Å²) in [6.45, 7) is 12.5. The van der Waals surface area contributed by atoms with Gasteiger partial charge in [-0.15, -0.1) is 0 Å². The van der Waals surface area contributed by atoms with Crippen molar-refractivity contribution in [1.82, 2.24) is 0 Å². The minimum atomic E-state index is -0.363. The third kappa shape index (κ3) is 2.51. The molecule has 4 heteroatoms. The molecular formula is C21H25BO3. The standard InChI is InChI=1S/C21H25BO3/c1-19(2)17-12-11-14(22-24-20(3,4)21(5,6)25-22)13-16(17)15-9-7-8-10-18(15)23-19/h7-13H,1-6H3. The Morgan fingerprint density at radius 1 is 0.760 bits per heavy atom. The van der Waals surface area contributed by atoms with E-state index in [1.165, 1.54) is 11.1 Å². The first-order valence-electron chi connectivity index (χ1n) is 8.89. The van der Waals surface area contributed by atoms with Crippen LogP contribution in [0.5, 0.6) is 5.75 Å². The van der Waals surface area contributed by atoms with Crippen LogP contribution in [-0.2, 0) is 14.9 Å². The number of fused-ring (bicyclic) bond motifs is 3. The Morgan fingerprint density at radius 2 is 1.40 bits per heavy atom. The fraction of sp³-hybridized carbons (Fsp3) is 0.429. The Morgan fingerprint density at radius 3 is 2.08 bits per heavy atom. The molecule has 130 valence electrons. The summed E-state index contributed by atoms with van der Waals surface area (Å²) in [6, 6.07) is 14.6. The van der Waals surface area contributed by atoms with Crippen molar-refractivity contribution in [3.63, 3.8) is 0 Å². The third-order valence-corrected chi connectivity index (χ3v) is 5.76. The van der Waals surface area contributed by atoms with Gasteiger partial charge >= 0.3 is 7.12 Å². The topological polar surface area (TPSA) is 27.7 Å². The second-order valence-corrected chi connectivity index (χ2v) is 8.50. The molecule has 1 saturated heterocycles. The van der Waals surface area contributed by atoms with Crippen molar-refractivity contribution in [3.05, 3.63) is 48.0 Å². The molecule has 0 atom stereocenters. The molecule has 2 aliphatic rings. The summed E-state index contributed by atoms with van der Waals surface area (Å²) in [5.41, 5.74) is 3.51. The van der Waals surface area contributed by atoms with Gasteiger partial charge in [-0.1, -0.05) is 36.4 Å². The van der Waals surface area contributed by atoms with E-state index in [0.717, 1.165) is 16.8 Å². The summed E-state index contributed by atoms with van der Waals surface area (Å²) in [5, 5.41) is 0. The lowest BCUT2D eigenvalue weighted by Crippen LogP contribution is -2.41. The Kier molecular flexibility index (Phi) is 3.42. The van der Waals surface area contributed by atoms with Gasteiger partial charge in [0, 0.05) is 11.1 Å². The van der Waals surface area contributed by atoms with Gasteiger partial charge in [-0.3, -0.25) is 0 Å². The predicted molar refractivity (Wildman–Crippen MR) is 101 cm³/mol. The summed E-state index contributed by atoms with van der Waals surface area (Å²) in [5.74, 6) is 0.922. The highest BCUT2D eigenvalue weighted by Crippen LogP contribution is 2.45. The van der Waals surface area contributed by atoms with Gasteiger partial charge in [0.1, 0.15) is 11.4 Å². The lowest BCUT2D eigenvalue weighted by molar-refractivity contribution is 0.00578. The van der Waals surface area contributed by atoms with Crippen molar-refractivity contribution in [1.29, 1.82) is 0 Å². The molecule has 0 N–H and O–H groups in total. The normalized spacial score (nSPS) is 22.1. The highest BCUT2D eigenvalue weighted by atomic mass is 16.7. The number of hydrogen-bond acceptors (Lipinski definition) is 3. The second kappa shape index (κ2) is 5.12. The Bertz CT molecular complexity index is 823. The van der Waals surface area contributed by atoms with Gasteiger partial charge in [-0.25, -0.2) is 0 Å². The molecule has 2 aromatic rings. The van der Waals surface area contributed by atoms with E-state index in [-0.39, 0.29) is 23.9 Å². The zero-order chi connectivity index (χ0) is 18.0. The van der Waals surface area contributed by atoms with E-state index in [0.29, 0.717) is 0 Å². The average molecular weight is 336 g/mol. The maximum atomic E-state index is 6.23. The van der Waals surface area contributed by atoms with Crippen LogP contribution in [0.4, 0.5) is 0 Å². The minimum absolute atomic E-state index is 0.339. The van der Waals surface area contributed by atoms with E-state index in [9.17, 15) is 0 Å². The summed E-state index contributed by atoms with van der Waals surface area (Å²) in [4.78, 5) is 0. The first kappa shape index (κ1) is 16.7. The summed E-state index contributed by atoms with van der Waals surface area (Å²) < 4.78 is 18.7. The molecule has 0 saturated carbocycles. The largest absolute Gasteiger partial charge is 0.494 e. The third-order valence-electron chi connectivity index (χ3n) is 5.76. The van der Waals surface area contributed by atoms with Crippen molar-refractivity contribution >= 4 is 12.6 Å². The Balaban J connectivity index is 1.81. The van der Waals surface area contributed by atoms with Crippen LogP contribution in [0.15, 0.2) is 42.5 Å². The fourth-order valence-electron chi connectivity index (χ4n) is 3.54. The van der Waals surface area contributed by atoms with Crippen molar-refractivity contribution in [2.45, 2.75) is 58.3 Å². The molecular weight excluding hydrogens is 311 g/mol. The summed E-state index contributed by atoms with van der Waals surface area (Å²) >= 11 is 0. The Hall–Kier alpha value is -1.78. The molecule has 2 aromatic carbocycles. The van der Waals surface area contributed by atoms with Gasteiger partial charge in [0.25, 0.3) is 0 Å². The SMILES string of the molecule is CC1(C)Oc2ccccc2-c2cc(B3OC(C)(C)C(C)(C)O3)ccc21. The van der Waals surface area contributed by atoms with E-state index in [2.05, 4.69) is 65.8 Å². The molecule has 4 rings (SSSR count). The number of hydrogen-bond donors (Lipinski definition) is 0. The summed E-state index contributed by atoms with van der Waals surface area (Å²) in [7, 11) is -0.353. The fourth-order valence-corrected chi connectivity index (χ4v) is 3.54. The summed E-state index contributed by atoms with van der Waals surface area (Å²) in [6.07, 6.45) is 0. The molecule has 2 heterocycles. The highest BCUT2D eigenvalue weighted by Gasteiger charge is 2.52. The van der Waals surface area contributed by atoms with Crippen molar-refractivity contribution in [2.75, 3.05) is 0 Å². The highest BCUT2D eigenvalue weighted by molar-refractivity contribution is 6.62. The van der Waals surface area contributed by atoms with E-state index in [1.54, 1.807) is 0 Å². The van der Waals surface area contributed by atoms with Crippen LogP contribution in [0.2, 0.25) is 0 Å². The first-order valence-corrected chi connectivity index (χ1v) is 8.89. The van der Waals surface area contributed by atoms with Crippen LogP contribution >= 0.6 is 0 Å². The molecule has 2 aliphatic heterocycles. The van der Waals surface area contributed by atoms with E-state index >= 15 is 0 Å². The van der Waals surface area contributed by atoms with Crippen LogP contribution < -0.4 is 10.2 Å². The predicted octanol–water partition coefficient (Wildman–Crippen LogP) is 4.28. The van der Waals surface area contributed by atoms with E-state index in [4.69, 9.17) is 14.0 Å². The van der Waals surface area contributed by atoms with Gasteiger partial charge in [0.05, 0.1) is 11.2 Å². The van der Waals surface area contributed by atoms with Crippen LogP contribution in [-0.4, -0.2) is 18.3 Å². The first-order chi connectivity index (χ1) is 11.6. The lowest BCUT2D eigenvalue weighted by atomic mass is 9.75. The van der Waals surface area contributed by atoms with Gasteiger partial charge in [-0.2, -0.15) is 0 Å². The monoisotopic (exact) mass is 336 g/mol. The van der Waals surface area contributed by atoms with Gasteiger partial charge in [0.2, 0.25) is 0 Å². The number of para-hydroxylation sites is 1. The minimum Gasteiger partial charge on any atom is -0.482 e. The number of rotatable bonds is 1. The van der Waals surface area contributed by atoms with Crippen LogP contribution in [0.3, 0.4) is 0 Å².